The van der Waals surface area contributed by atoms with Gasteiger partial charge in [0, 0.05) is 49.7 Å². The third-order valence-electron chi connectivity index (χ3n) is 8.06. The number of aliphatic imine (C=N–C) groups is 1. The van der Waals surface area contributed by atoms with Crippen LogP contribution in [-0.2, 0) is 24.4 Å². The highest BCUT2D eigenvalue weighted by molar-refractivity contribution is 7.88. The predicted octanol–water partition coefficient (Wildman–Crippen LogP) is 1.12. The first-order chi connectivity index (χ1) is 19.7. The summed E-state index contributed by atoms with van der Waals surface area (Å²) in [6.45, 7) is 2.53. The molecule has 1 aromatic carbocycles. The molecule has 0 radical (unpaired) electrons. The van der Waals surface area contributed by atoms with Crippen LogP contribution in [0.1, 0.15) is 44.9 Å². The molecule has 1 atom stereocenters. The van der Waals surface area contributed by atoms with Gasteiger partial charge in [-0.2, -0.15) is 5.10 Å². The molecule has 1 aromatic heterocycles. The maximum atomic E-state index is 13.6. The lowest BCUT2D eigenvalue weighted by molar-refractivity contribution is -0.140. The summed E-state index contributed by atoms with van der Waals surface area (Å²) in [4.78, 5) is 47.8. The van der Waals surface area contributed by atoms with E-state index < -0.39 is 22.0 Å². The molecule has 5 rings (SSSR count). The van der Waals surface area contributed by atoms with Gasteiger partial charge in [0.2, 0.25) is 33.7 Å². The number of aromatic nitrogens is 2. The highest BCUT2D eigenvalue weighted by atomic mass is 32.2. The standard InChI is InChI=1S/C27H38N8O5S/c1-41(39,40)35-14-9-19(10-15-35)25(37)31-27(29-21-8-7-20-17-28-32-23(20)16-21)30-22-6-2-3-13-34(26(22)38)18-24(36)33-11-4-5-12-33/h7-8,16-17,19,22H,2-6,9-15,18H2,1H3,(H,28,32)(H2,29,30,31,37). The number of aromatic amines is 1. The second-order valence-corrected chi connectivity index (χ2v) is 13.0. The Morgan fingerprint density at radius 1 is 1.05 bits per heavy atom. The summed E-state index contributed by atoms with van der Waals surface area (Å²) in [5.41, 5.74) is 1.45. The van der Waals surface area contributed by atoms with Gasteiger partial charge in [-0.15, -0.1) is 0 Å². The maximum absolute atomic E-state index is 13.6. The van der Waals surface area contributed by atoms with Gasteiger partial charge in [0.1, 0.15) is 6.04 Å². The fourth-order valence-electron chi connectivity index (χ4n) is 5.66. The molecule has 3 amide bonds. The van der Waals surface area contributed by atoms with Gasteiger partial charge >= 0.3 is 0 Å². The van der Waals surface area contributed by atoms with Crippen LogP contribution in [0, 0.1) is 5.92 Å². The average molecular weight is 587 g/mol. The number of amides is 3. The second kappa shape index (κ2) is 12.6. The lowest BCUT2D eigenvalue weighted by Gasteiger charge is -2.29. The van der Waals surface area contributed by atoms with Crippen molar-refractivity contribution in [1.82, 2.24) is 29.6 Å². The third-order valence-corrected chi connectivity index (χ3v) is 9.37. The number of benzene rings is 1. The molecule has 3 aliphatic heterocycles. The molecule has 0 bridgehead atoms. The normalized spacial score (nSPS) is 21.7. The van der Waals surface area contributed by atoms with Crippen molar-refractivity contribution in [3.63, 3.8) is 0 Å². The van der Waals surface area contributed by atoms with E-state index in [1.54, 1.807) is 11.1 Å². The van der Waals surface area contributed by atoms with Crippen molar-refractivity contribution in [2.24, 2.45) is 10.9 Å². The number of hydrogen-bond donors (Lipinski definition) is 3. The van der Waals surface area contributed by atoms with E-state index in [1.165, 1.54) is 10.6 Å². The van der Waals surface area contributed by atoms with Crippen LogP contribution in [0.15, 0.2) is 29.4 Å². The number of guanidine groups is 1. The molecule has 3 N–H and O–H groups in total. The van der Waals surface area contributed by atoms with Crippen LogP contribution in [0.25, 0.3) is 10.9 Å². The number of anilines is 1. The van der Waals surface area contributed by atoms with Gasteiger partial charge in [0.05, 0.1) is 24.5 Å². The van der Waals surface area contributed by atoms with Gasteiger partial charge in [-0.3, -0.25) is 24.8 Å². The van der Waals surface area contributed by atoms with Crippen LogP contribution in [0.2, 0.25) is 0 Å². The summed E-state index contributed by atoms with van der Waals surface area (Å²) in [5.74, 6) is -0.802. The maximum Gasteiger partial charge on any atom is 0.247 e. The number of piperidine rings is 1. The van der Waals surface area contributed by atoms with E-state index in [1.807, 2.05) is 23.1 Å². The Bertz CT molecular complexity index is 1410. The molecule has 222 valence electrons. The number of likely N-dealkylation sites (tertiary alicyclic amines) is 2. The SMILES string of the molecule is CS(=O)(=O)N1CCC(C(=O)NC(=NC2CCCCN(CC(=O)N3CCCC3)C2=O)Nc2ccc3cn[nH]c3c2)CC1. The molecule has 0 saturated carbocycles. The minimum atomic E-state index is -3.31. The molecule has 4 heterocycles. The van der Waals surface area contributed by atoms with E-state index in [4.69, 9.17) is 4.99 Å². The van der Waals surface area contributed by atoms with Crippen LogP contribution in [0.4, 0.5) is 5.69 Å². The van der Waals surface area contributed by atoms with Gasteiger partial charge < -0.3 is 15.1 Å². The van der Waals surface area contributed by atoms with Gasteiger partial charge in [-0.05, 0) is 63.1 Å². The number of sulfonamides is 1. The highest BCUT2D eigenvalue weighted by Gasteiger charge is 2.32. The smallest absolute Gasteiger partial charge is 0.247 e. The molecule has 14 heteroatoms. The Morgan fingerprint density at radius 3 is 2.51 bits per heavy atom. The summed E-state index contributed by atoms with van der Waals surface area (Å²) in [7, 11) is -3.31. The van der Waals surface area contributed by atoms with Crippen molar-refractivity contribution < 1.29 is 22.8 Å². The summed E-state index contributed by atoms with van der Waals surface area (Å²) < 4.78 is 25.2. The lowest BCUT2D eigenvalue weighted by atomic mass is 9.97. The summed E-state index contributed by atoms with van der Waals surface area (Å²) in [6, 6.07) is 4.80. The molecule has 2 aromatic rings. The molecule has 0 spiro atoms. The second-order valence-electron chi connectivity index (χ2n) is 11.1. The summed E-state index contributed by atoms with van der Waals surface area (Å²) >= 11 is 0. The van der Waals surface area contributed by atoms with Crippen molar-refractivity contribution in [2.45, 2.75) is 51.0 Å². The van der Waals surface area contributed by atoms with Crippen LogP contribution in [-0.4, -0.2) is 108 Å². The first-order valence-corrected chi connectivity index (χ1v) is 16.1. The van der Waals surface area contributed by atoms with E-state index in [-0.39, 0.29) is 43.3 Å². The zero-order valence-corrected chi connectivity index (χ0v) is 24.2. The number of carbonyl (C=O) groups excluding carboxylic acids is 3. The molecule has 3 saturated heterocycles. The van der Waals surface area contributed by atoms with Crippen molar-refractivity contribution in [1.29, 1.82) is 0 Å². The Hall–Kier alpha value is -3.52. The van der Waals surface area contributed by atoms with Crippen molar-refractivity contribution in [3.05, 3.63) is 24.4 Å². The number of hydrogen-bond acceptors (Lipinski definition) is 7. The van der Waals surface area contributed by atoms with Crippen molar-refractivity contribution in [3.8, 4) is 0 Å². The zero-order chi connectivity index (χ0) is 29.0. The molecule has 1 unspecified atom stereocenters. The van der Waals surface area contributed by atoms with Gasteiger partial charge in [-0.1, -0.05) is 0 Å². The molecule has 41 heavy (non-hydrogen) atoms. The van der Waals surface area contributed by atoms with Crippen LogP contribution >= 0.6 is 0 Å². The van der Waals surface area contributed by atoms with Gasteiger partial charge in [0.15, 0.2) is 0 Å². The highest BCUT2D eigenvalue weighted by Crippen LogP contribution is 2.21. The zero-order valence-electron chi connectivity index (χ0n) is 23.3. The molecule has 3 aliphatic rings. The fraction of sp³-hybridized carbons (Fsp3) is 0.593. The van der Waals surface area contributed by atoms with Gasteiger partial charge in [0.25, 0.3) is 0 Å². The molecule has 3 fully saturated rings. The van der Waals surface area contributed by atoms with Crippen LogP contribution in [0.5, 0.6) is 0 Å². The Balaban J connectivity index is 1.34. The van der Waals surface area contributed by atoms with E-state index in [2.05, 4.69) is 20.8 Å². The van der Waals surface area contributed by atoms with Crippen molar-refractivity contribution >= 4 is 50.3 Å². The first kappa shape index (κ1) is 29.0. The quantitative estimate of drug-likeness (QED) is 0.338. The number of H-pyrrole nitrogens is 1. The fourth-order valence-corrected chi connectivity index (χ4v) is 6.54. The monoisotopic (exact) mass is 586 g/mol. The third kappa shape index (κ3) is 7.22. The Labute approximate surface area is 239 Å². The number of rotatable bonds is 6. The Morgan fingerprint density at radius 2 is 1.78 bits per heavy atom. The topological polar surface area (TPSA) is 160 Å². The molecule has 13 nitrogen and oxygen atoms in total. The van der Waals surface area contributed by atoms with Crippen LogP contribution in [0.3, 0.4) is 0 Å². The van der Waals surface area contributed by atoms with E-state index in [0.717, 1.165) is 49.7 Å². The minimum Gasteiger partial charge on any atom is -0.341 e. The molecule has 0 aliphatic carbocycles. The average Bonchev–Trinajstić information content (AvgIpc) is 3.62. The number of nitrogens with one attached hydrogen (secondary N) is 3. The predicted molar refractivity (Wildman–Crippen MR) is 154 cm³/mol. The van der Waals surface area contributed by atoms with Crippen molar-refractivity contribution in [2.75, 3.05) is 50.8 Å². The number of carbonyl (C=O) groups is 3. The number of nitrogens with zero attached hydrogens (tertiary/aromatic N) is 5. The summed E-state index contributed by atoms with van der Waals surface area (Å²) in [6.07, 6.45) is 7.67. The lowest BCUT2D eigenvalue weighted by Crippen LogP contribution is -2.47. The summed E-state index contributed by atoms with van der Waals surface area (Å²) in [5, 5.41) is 13.9. The van der Waals surface area contributed by atoms with E-state index >= 15 is 0 Å². The van der Waals surface area contributed by atoms with Crippen LogP contribution < -0.4 is 10.6 Å². The molecular formula is C27H38N8O5S. The number of fused-ring (bicyclic) bond motifs is 1. The van der Waals surface area contributed by atoms with Gasteiger partial charge in [-0.25, -0.2) is 17.7 Å². The molecular weight excluding hydrogens is 548 g/mol. The van der Waals surface area contributed by atoms with E-state index in [9.17, 15) is 22.8 Å². The minimum absolute atomic E-state index is 0.0371. The first-order valence-electron chi connectivity index (χ1n) is 14.3. The Kier molecular flexibility index (Phi) is 8.88. The van der Waals surface area contributed by atoms with E-state index in [0.29, 0.717) is 31.5 Å². The largest absolute Gasteiger partial charge is 0.341 e.